The Morgan fingerprint density at radius 2 is 1.88 bits per heavy atom. The smallest absolute Gasteiger partial charge is 0.339 e. The molecule has 0 bridgehead atoms. The van der Waals surface area contributed by atoms with Crippen molar-refractivity contribution in [1.29, 1.82) is 0 Å². The van der Waals surface area contributed by atoms with Crippen molar-refractivity contribution in [3.63, 3.8) is 0 Å². The van der Waals surface area contributed by atoms with Gasteiger partial charge in [-0.15, -0.1) is 5.10 Å². The predicted octanol–water partition coefficient (Wildman–Crippen LogP) is 3.36. The monoisotopic (exact) mass is 349 g/mol. The van der Waals surface area contributed by atoms with Gasteiger partial charge in [-0.2, -0.15) is 0 Å². The van der Waals surface area contributed by atoms with Gasteiger partial charge < -0.3 is 5.11 Å². The number of aromatic carboxylic acids is 1. The van der Waals surface area contributed by atoms with Crippen molar-refractivity contribution in [2.45, 2.75) is 26.3 Å². The highest BCUT2D eigenvalue weighted by atomic mass is 16.4. The number of carboxylic acid groups (broad SMARTS) is 1. The van der Waals surface area contributed by atoms with E-state index in [0.717, 1.165) is 5.56 Å². The number of hydrogen-bond acceptors (Lipinski definition) is 5. The fourth-order valence-electron chi connectivity index (χ4n) is 2.26. The molecular weight excluding hydrogens is 330 g/mol. The van der Waals surface area contributed by atoms with Crippen LogP contribution in [0.25, 0.3) is 23.5 Å². The lowest BCUT2D eigenvalue weighted by Crippen LogP contribution is -2.22. The molecule has 0 radical (unpaired) electrons. The maximum atomic E-state index is 11.5. The summed E-state index contributed by atoms with van der Waals surface area (Å²) in [5.74, 6) is -0.615. The summed E-state index contributed by atoms with van der Waals surface area (Å²) in [6, 6.07) is 9.40. The fourth-order valence-corrected chi connectivity index (χ4v) is 2.26. The van der Waals surface area contributed by atoms with Gasteiger partial charge in [0.2, 0.25) is 0 Å². The van der Waals surface area contributed by atoms with E-state index in [1.807, 2.05) is 51.1 Å². The maximum absolute atomic E-state index is 11.5. The largest absolute Gasteiger partial charge is 0.478 e. The number of aromatic nitrogens is 5. The molecule has 1 N–H and O–H groups in total. The molecule has 1 aromatic carbocycles. The highest BCUT2D eigenvalue weighted by molar-refractivity contribution is 5.92. The molecule has 2 aromatic heterocycles. The van der Waals surface area contributed by atoms with Gasteiger partial charge in [0.05, 0.1) is 17.4 Å². The van der Waals surface area contributed by atoms with Gasteiger partial charge in [-0.1, -0.05) is 35.5 Å². The van der Waals surface area contributed by atoms with E-state index < -0.39 is 5.97 Å². The summed E-state index contributed by atoms with van der Waals surface area (Å²) in [7, 11) is 0. The molecule has 0 aliphatic heterocycles. The second kappa shape index (κ2) is 6.87. The normalized spacial score (nSPS) is 11.8. The van der Waals surface area contributed by atoms with Crippen LogP contribution in [0.3, 0.4) is 0 Å². The summed E-state index contributed by atoms with van der Waals surface area (Å²) in [5.41, 5.74) is 1.61. The van der Waals surface area contributed by atoms with E-state index in [2.05, 4.69) is 20.3 Å². The first-order chi connectivity index (χ1) is 12.3. The molecule has 0 atom stereocenters. The number of rotatable bonds is 4. The number of benzene rings is 1. The lowest BCUT2D eigenvalue weighted by molar-refractivity contribution is 0.0695. The molecule has 0 fully saturated rings. The number of nitrogens with zero attached hydrogens (tertiary/aromatic N) is 5. The van der Waals surface area contributed by atoms with Crippen molar-refractivity contribution in [3.8, 4) is 11.4 Å². The lowest BCUT2D eigenvalue weighted by atomic mass is 10.1. The third kappa shape index (κ3) is 3.83. The van der Waals surface area contributed by atoms with E-state index in [0.29, 0.717) is 17.2 Å². The molecule has 0 aliphatic carbocycles. The molecule has 7 nitrogen and oxygen atoms in total. The van der Waals surface area contributed by atoms with E-state index in [4.69, 9.17) is 0 Å². The zero-order chi connectivity index (χ0) is 18.7. The summed E-state index contributed by atoms with van der Waals surface area (Å²) >= 11 is 0. The molecular formula is C19H19N5O2. The van der Waals surface area contributed by atoms with Crippen molar-refractivity contribution < 1.29 is 9.90 Å². The molecule has 7 heteroatoms. The van der Waals surface area contributed by atoms with Crippen LogP contribution in [-0.4, -0.2) is 36.0 Å². The molecule has 2 heterocycles. The number of hydrogen-bond donors (Lipinski definition) is 1. The quantitative estimate of drug-likeness (QED) is 0.776. The van der Waals surface area contributed by atoms with E-state index in [9.17, 15) is 9.90 Å². The molecule has 0 aliphatic rings. The summed E-state index contributed by atoms with van der Waals surface area (Å²) in [6.45, 7) is 6.07. The Labute approximate surface area is 151 Å². The van der Waals surface area contributed by atoms with Crippen LogP contribution < -0.4 is 0 Å². The average Bonchev–Trinajstić information content (AvgIpc) is 3.10. The van der Waals surface area contributed by atoms with Crippen LogP contribution in [0.4, 0.5) is 0 Å². The van der Waals surface area contributed by atoms with E-state index >= 15 is 0 Å². The Kier molecular flexibility index (Phi) is 4.62. The van der Waals surface area contributed by atoms with Crippen LogP contribution in [0.2, 0.25) is 0 Å². The van der Waals surface area contributed by atoms with Gasteiger partial charge in [0, 0.05) is 11.8 Å². The molecule has 0 saturated carbocycles. The zero-order valence-corrected chi connectivity index (χ0v) is 14.8. The van der Waals surface area contributed by atoms with Crippen LogP contribution in [0.15, 0.2) is 42.7 Å². The Morgan fingerprint density at radius 3 is 2.50 bits per heavy atom. The van der Waals surface area contributed by atoms with Gasteiger partial charge >= 0.3 is 5.97 Å². The minimum Gasteiger partial charge on any atom is -0.478 e. The summed E-state index contributed by atoms with van der Waals surface area (Å²) < 4.78 is 1.75. The topological polar surface area (TPSA) is 93.8 Å². The van der Waals surface area contributed by atoms with Gasteiger partial charge in [0.1, 0.15) is 11.3 Å². The van der Waals surface area contributed by atoms with Gasteiger partial charge in [0.25, 0.3) is 0 Å². The second-order valence-corrected chi connectivity index (χ2v) is 6.76. The average molecular weight is 349 g/mol. The van der Waals surface area contributed by atoms with Crippen LogP contribution in [-0.2, 0) is 5.54 Å². The van der Waals surface area contributed by atoms with E-state index in [1.165, 1.54) is 6.20 Å². The standard InChI is InChI=1S/C19H19N5O2/c1-19(2,3)24-12-14(22-23-24)9-10-16-15(18(25)26)11-20-17(21-16)13-7-5-4-6-8-13/h4-12H,1-3H3,(H,25,26)/b10-9+. The highest BCUT2D eigenvalue weighted by Crippen LogP contribution is 2.18. The van der Waals surface area contributed by atoms with Crippen molar-refractivity contribution in [2.24, 2.45) is 0 Å². The van der Waals surface area contributed by atoms with Gasteiger partial charge in [-0.05, 0) is 32.9 Å². The van der Waals surface area contributed by atoms with Crippen LogP contribution in [0, 0.1) is 0 Å². The predicted molar refractivity (Wildman–Crippen MR) is 98.4 cm³/mol. The number of carbonyl (C=O) groups is 1. The lowest BCUT2D eigenvalue weighted by Gasteiger charge is -2.17. The van der Waals surface area contributed by atoms with Gasteiger partial charge in [-0.25, -0.2) is 19.4 Å². The Morgan fingerprint density at radius 1 is 1.15 bits per heavy atom. The molecule has 3 aromatic rings. The zero-order valence-electron chi connectivity index (χ0n) is 14.8. The minimum absolute atomic E-state index is 0.0316. The minimum atomic E-state index is -1.08. The number of carboxylic acids is 1. The third-order valence-corrected chi connectivity index (χ3v) is 3.69. The van der Waals surface area contributed by atoms with Crippen molar-refractivity contribution in [2.75, 3.05) is 0 Å². The molecule has 132 valence electrons. The van der Waals surface area contributed by atoms with Crippen LogP contribution in [0.1, 0.15) is 42.5 Å². The van der Waals surface area contributed by atoms with Gasteiger partial charge in [0.15, 0.2) is 5.82 Å². The fraction of sp³-hybridized carbons (Fsp3) is 0.211. The SMILES string of the molecule is CC(C)(C)n1cc(/C=C/c2nc(-c3ccccc3)ncc2C(=O)O)nn1. The van der Waals surface area contributed by atoms with Crippen LogP contribution in [0.5, 0.6) is 0 Å². The highest BCUT2D eigenvalue weighted by Gasteiger charge is 2.15. The third-order valence-electron chi connectivity index (χ3n) is 3.69. The molecule has 26 heavy (non-hydrogen) atoms. The summed E-state index contributed by atoms with van der Waals surface area (Å²) in [4.78, 5) is 20.0. The molecule has 0 saturated heterocycles. The Balaban J connectivity index is 1.97. The molecule has 0 unspecified atom stereocenters. The van der Waals surface area contributed by atoms with E-state index in [1.54, 1.807) is 23.0 Å². The maximum Gasteiger partial charge on any atom is 0.339 e. The molecule has 0 amide bonds. The first-order valence-corrected chi connectivity index (χ1v) is 8.11. The first-order valence-electron chi connectivity index (χ1n) is 8.11. The van der Waals surface area contributed by atoms with Gasteiger partial charge in [-0.3, -0.25) is 0 Å². The van der Waals surface area contributed by atoms with Crippen molar-refractivity contribution in [1.82, 2.24) is 25.0 Å². The Bertz CT molecular complexity index is 956. The van der Waals surface area contributed by atoms with E-state index in [-0.39, 0.29) is 11.1 Å². The van der Waals surface area contributed by atoms with Crippen molar-refractivity contribution >= 4 is 18.1 Å². The second-order valence-electron chi connectivity index (χ2n) is 6.76. The van der Waals surface area contributed by atoms with Crippen molar-refractivity contribution in [3.05, 3.63) is 59.7 Å². The Hall–Kier alpha value is -3.35. The summed E-state index contributed by atoms with van der Waals surface area (Å²) in [6.07, 6.45) is 6.44. The van der Waals surface area contributed by atoms with Crippen LogP contribution >= 0.6 is 0 Å². The first kappa shape index (κ1) is 17.5. The molecule has 0 spiro atoms. The summed E-state index contributed by atoms with van der Waals surface area (Å²) in [5, 5.41) is 17.6. The molecule has 3 rings (SSSR count).